The largest absolute Gasteiger partial charge is 0.389 e. The van der Waals surface area contributed by atoms with Crippen LogP contribution in [0.3, 0.4) is 0 Å². The molecule has 2 aromatic heterocycles. The molecule has 0 radical (unpaired) electrons. The second kappa shape index (κ2) is 10.0. The van der Waals surface area contributed by atoms with Crippen LogP contribution in [0.15, 0.2) is 48.8 Å². The van der Waals surface area contributed by atoms with E-state index in [0.29, 0.717) is 32.8 Å². The van der Waals surface area contributed by atoms with E-state index in [0.717, 1.165) is 17.8 Å². The molecule has 124 valence electrons. The molecular weight excluding hydrogens is 290 g/mol. The number of pyridine rings is 2. The number of hydrogen-bond acceptors (Lipinski definition) is 5. The van der Waals surface area contributed by atoms with Gasteiger partial charge in [-0.3, -0.25) is 14.9 Å². The number of nitrogens with zero attached hydrogens (tertiary/aromatic N) is 3. The molecule has 23 heavy (non-hydrogen) atoms. The first-order valence-corrected chi connectivity index (χ1v) is 8.06. The van der Waals surface area contributed by atoms with Gasteiger partial charge in [-0.2, -0.15) is 0 Å². The Hall–Kier alpha value is -1.82. The minimum Gasteiger partial charge on any atom is -0.389 e. The third-order valence-corrected chi connectivity index (χ3v) is 3.35. The Bertz CT molecular complexity index is 495. The van der Waals surface area contributed by atoms with E-state index >= 15 is 0 Å². The summed E-state index contributed by atoms with van der Waals surface area (Å²) in [5, 5.41) is 10.2. The molecule has 0 saturated heterocycles. The van der Waals surface area contributed by atoms with Crippen LogP contribution in [0, 0.1) is 0 Å². The number of rotatable bonds is 10. The molecule has 2 rings (SSSR count). The molecule has 0 aliphatic heterocycles. The average Bonchev–Trinajstić information content (AvgIpc) is 2.57. The van der Waals surface area contributed by atoms with Crippen molar-refractivity contribution in [2.24, 2.45) is 0 Å². The monoisotopic (exact) mass is 315 g/mol. The van der Waals surface area contributed by atoms with E-state index in [9.17, 15) is 5.11 Å². The molecule has 0 saturated carbocycles. The lowest BCUT2D eigenvalue weighted by Crippen LogP contribution is -2.34. The standard InChI is InChI=1S/C18H25N3O2/c1-2-11-23-15-18(22)14-21(12-16-7-3-5-9-19-16)13-17-8-4-6-10-20-17/h3-10,18,22H,2,11-15H2,1H3. The fourth-order valence-corrected chi connectivity index (χ4v) is 2.34. The van der Waals surface area contributed by atoms with Crippen LogP contribution in [-0.2, 0) is 17.8 Å². The molecule has 0 aromatic carbocycles. The van der Waals surface area contributed by atoms with Gasteiger partial charge in [0.15, 0.2) is 0 Å². The Balaban J connectivity index is 1.96. The summed E-state index contributed by atoms with van der Waals surface area (Å²) in [6.07, 6.45) is 4.01. The van der Waals surface area contributed by atoms with Gasteiger partial charge in [-0.1, -0.05) is 19.1 Å². The molecule has 5 nitrogen and oxygen atoms in total. The lowest BCUT2D eigenvalue weighted by atomic mass is 10.2. The van der Waals surface area contributed by atoms with Gasteiger partial charge in [0.05, 0.1) is 24.1 Å². The van der Waals surface area contributed by atoms with Gasteiger partial charge in [-0.15, -0.1) is 0 Å². The minimum absolute atomic E-state index is 0.356. The summed E-state index contributed by atoms with van der Waals surface area (Å²) in [6, 6.07) is 11.7. The molecule has 5 heteroatoms. The topological polar surface area (TPSA) is 58.5 Å². The average molecular weight is 315 g/mol. The molecule has 2 aromatic rings. The second-order valence-corrected chi connectivity index (χ2v) is 5.54. The van der Waals surface area contributed by atoms with Crippen molar-refractivity contribution in [2.45, 2.75) is 32.5 Å². The number of aromatic nitrogens is 2. The number of ether oxygens (including phenoxy) is 1. The van der Waals surface area contributed by atoms with Crippen LogP contribution in [-0.4, -0.2) is 45.8 Å². The molecule has 0 amide bonds. The molecule has 0 aliphatic rings. The minimum atomic E-state index is -0.519. The zero-order chi connectivity index (χ0) is 16.3. The lowest BCUT2D eigenvalue weighted by Gasteiger charge is -2.24. The van der Waals surface area contributed by atoms with Crippen LogP contribution in [0.2, 0.25) is 0 Å². The van der Waals surface area contributed by atoms with E-state index in [1.807, 2.05) is 36.4 Å². The van der Waals surface area contributed by atoms with Crippen molar-refractivity contribution < 1.29 is 9.84 Å². The highest BCUT2D eigenvalue weighted by Gasteiger charge is 2.14. The molecule has 0 aliphatic carbocycles. The van der Waals surface area contributed by atoms with Crippen molar-refractivity contribution in [3.05, 3.63) is 60.2 Å². The van der Waals surface area contributed by atoms with Crippen LogP contribution < -0.4 is 0 Å². The molecule has 1 N–H and O–H groups in total. The van der Waals surface area contributed by atoms with Crippen LogP contribution in [0.25, 0.3) is 0 Å². The second-order valence-electron chi connectivity index (χ2n) is 5.54. The van der Waals surface area contributed by atoms with Crippen molar-refractivity contribution in [3.8, 4) is 0 Å². The first-order valence-electron chi connectivity index (χ1n) is 8.06. The normalized spacial score (nSPS) is 12.5. The van der Waals surface area contributed by atoms with E-state index in [1.54, 1.807) is 12.4 Å². The Morgan fingerprint density at radius 2 is 1.65 bits per heavy atom. The van der Waals surface area contributed by atoms with E-state index in [2.05, 4.69) is 21.8 Å². The highest BCUT2D eigenvalue weighted by molar-refractivity contribution is 5.06. The molecule has 1 unspecified atom stereocenters. The summed E-state index contributed by atoms with van der Waals surface area (Å²) in [5.74, 6) is 0. The van der Waals surface area contributed by atoms with Crippen LogP contribution in [0.5, 0.6) is 0 Å². The lowest BCUT2D eigenvalue weighted by molar-refractivity contribution is 0.0135. The van der Waals surface area contributed by atoms with Gasteiger partial charge < -0.3 is 9.84 Å². The SMILES string of the molecule is CCCOCC(O)CN(Cc1ccccn1)Cc1ccccn1. The Kier molecular flexibility index (Phi) is 7.66. The highest BCUT2D eigenvalue weighted by Crippen LogP contribution is 2.08. The van der Waals surface area contributed by atoms with Gasteiger partial charge in [0.25, 0.3) is 0 Å². The summed E-state index contributed by atoms with van der Waals surface area (Å²) in [5.41, 5.74) is 1.95. The van der Waals surface area contributed by atoms with Crippen LogP contribution in [0.4, 0.5) is 0 Å². The predicted octanol–water partition coefficient (Wildman–Crippen LogP) is 2.27. The Morgan fingerprint density at radius 1 is 1.04 bits per heavy atom. The quantitative estimate of drug-likeness (QED) is 0.682. The van der Waals surface area contributed by atoms with E-state index in [-0.39, 0.29) is 0 Å². The Labute approximate surface area is 138 Å². The summed E-state index contributed by atoms with van der Waals surface area (Å²) in [6.45, 7) is 4.95. The summed E-state index contributed by atoms with van der Waals surface area (Å²) in [7, 11) is 0. The molecular formula is C18H25N3O2. The molecule has 2 heterocycles. The summed E-state index contributed by atoms with van der Waals surface area (Å²) in [4.78, 5) is 10.9. The fraction of sp³-hybridized carbons (Fsp3) is 0.444. The molecule has 1 atom stereocenters. The predicted molar refractivity (Wildman–Crippen MR) is 89.7 cm³/mol. The Morgan fingerprint density at radius 3 is 2.13 bits per heavy atom. The van der Waals surface area contributed by atoms with E-state index < -0.39 is 6.10 Å². The number of aliphatic hydroxyl groups excluding tert-OH is 1. The van der Waals surface area contributed by atoms with Gasteiger partial charge >= 0.3 is 0 Å². The summed E-state index contributed by atoms with van der Waals surface area (Å²) >= 11 is 0. The maximum atomic E-state index is 10.2. The fourth-order valence-electron chi connectivity index (χ4n) is 2.34. The maximum absolute atomic E-state index is 10.2. The molecule has 0 spiro atoms. The van der Waals surface area contributed by atoms with Gasteiger partial charge in [-0.25, -0.2) is 0 Å². The van der Waals surface area contributed by atoms with Gasteiger partial charge in [0.1, 0.15) is 0 Å². The number of hydrogen-bond donors (Lipinski definition) is 1. The highest BCUT2D eigenvalue weighted by atomic mass is 16.5. The van der Waals surface area contributed by atoms with Gasteiger partial charge in [0.2, 0.25) is 0 Å². The maximum Gasteiger partial charge on any atom is 0.0900 e. The zero-order valence-corrected chi connectivity index (χ0v) is 13.6. The van der Waals surface area contributed by atoms with E-state index in [1.165, 1.54) is 0 Å². The molecule has 0 fully saturated rings. The number of aliphatic hydroxyl groups is 1. The van der Waals surface area contributed by atoms with Crippen molar-refractivity contribution >= 4 is 0 Å². The van der Waals surface area contributed by atoms with Crippen molar-refractivity contribution in [2.75, 3.05) is 19.8 Å². The first-order chi connectivity index (χ1) is 11.3. The smallest absolute Gasteiger partial charge is 0.0900 e. The van der Waals surface area contributed by atoms with Crippen molar-refractivity contribution in [1.29, 1.82) is 0 Å². The third kappa shape index (κ3) is 6.86. The van der Waals surface area contributed by atoms with E-state index in [4.69, 9.17) is 4.74 Å². The molecule has 0 bridgehead atoms. The first kappa shape index (κ1) is 17.5. The zero-order valence-electron chi connectivity index (χ0n) is 13.6. The van der Waals surface area contributed by atoms with Crippen LogP contribution in [0.1, 0.15) is 24.7 Å². The van der Waals surface area contributed by atoms with Crippen LogP contribution >= 0.6 is 0 Å². The van der Waals surface area contributed by atoms with Gasteiger partial charge in [-0.05, 0) is 30.7 Å². The van der Waals surface area contributed by atoms with Gasteiger partial charge in [0, 0.05) is 38.6 Å². The van der Waals surface area contributed by atoms with Crippen molar-refractivity contribution in [3.63, 3.8) is 0 Å². The summed E-state index contributed by atoms with van der Waals surface area (Å²) < 4.78 is 5.44. The third-order valence-electron chi connectivity index (χ3n) is 3.35. The van der Waals surface area contributed by atoms with Crippen molar-refractivity contribution in [1.82, 2.24) is 14.9 Å².